The maximum atomic E-state index is 12.4. The molecule has 1 aliphatic heterocycles. The Kier molecular flexibility index (Phi) is 5.35. The lowest BCUT2D eigenvalue weighted by Gasteiger charge is -2.36. The second kappa shape index (κ2) is 7.04. The van der Waals surface area contributed by atoms with Crippen molar-refractivity contribution in [1.82, 2.24) is 15.3 Å². The zero-order valence-corrected chi connectivity index (χ0v) is 14.0. The van der Waals surface area contributed by atoms with Gasteiger partial charge in [0.1, 0.15) is 28.5 Å². The molecule has 1 aliphatic rings. The fourth-order valence-corrected chi connectivity index (χ4v) is 2.82. The minimum absolute atomic E-state index is 0.0544. The SMILES string of the molecule is CNc1ncnc(N2CCOCC2C(=O)NC(C)C)c1Br. The molecule has 116 valence electrons. The van der Waals surface area contributed by atoms with Crippen LogP contribution in [-0.2, 0) is 9.53 Å². The van der Waals surface area contributed by atoms with Gasteiger partial charge >= 0.3 is 0 Å². The first kappa shape index (κ1) is 16.0. The predicted molar refractivity (Wildman–Crippen MR) is 84.5 cm³/mol. The third-order valence-corrected chi connectivity index (χ3v) is 3.87. The number of ether oxygens (including phenoxy) is 1. The van der Waals surface area contributed by atoms with E-state index in [4.69, 9.17) is 4.74 Å². The summed E-state index contributed by atoms with van der Waals surface area (Å²) in [4.78, 5) is 22.8. The van der Waals surface area contributed by atoms with Crippen molar-refractivity contribution >= 4 is 33.5 Å². The standard InChI is InChI=1S/C13H20BrN5O2/c1-8(2)18-13(20)9-6-21-5-4-19(9)12-10(14)11(15-3)16-7-17-12/h7-9H,4-6H2,1-3H3,(H,18,20)(H,15,16,17). The Balaban J connectivity index is 2.28. The Morgan fingerprint density at radius 1 is 1.52 bits per heavy atom. The van der Waals surface area contributed by atoms with Crippen LogP contribution in [0.4, 0.5) is 11.6 Å². The molecule has 2 rings (SSSR count). The third-order valence-electron chi connectivity index (χ3n) is 3.14. The van der Waals surface area contributed by atoms with Crippen LogP contribution in [0.2, 0.25) is 0 Å². The molecule has 0 aromatic carbocycles. The van der Waals surface area contributed by atoms with E-state index in [-0.39, 0.29) is 11.9 Å². The molecule has 0 saturated carbocycles. The van der Waals surface area contributed by atoms with Crippen LogP contribution >= 0.6 is 15.9 Å². The molecule has 0 aliphatic carbocycles. The van der Waals surface area contributed by atoms with Crippen LogP contribution in [-0.4, -0.2) is 54.8 Å². The molecule has 2 heterocycles. The molecule has 2 N–H and O–H groups in total. The number of hydrogen-bond donors (Lipinski definition) is 2. The molecule has 1 saturated heterocycles. The van der Waals surface area contributed by atoms with Crippen LogP contribution in [0.15, 0.2) is 10.8 Å². The minimum atomic E-state index is -0.392. The fraction of sp³-hybridized carbons (Fsp3) is 0.615. The van der Waals surface area contributed by atoms with Gasteiger partial charge in [-0.15, -0.1) is 0 Å². The lowest BCUT2D eigenvalue weighted by Crippen LogP contribution is -2.55. The Labute approximate surface area is 132 Å². The maximum Gasteiger partial charge on any atom is 0.245 e. The molecule has 7 nitrogen and oxygen atoms in total. The van der Waals surface area contributed by atoms with E-state index < -0.39 is 6.04 Å². The van der Waals surface area contributed by atoms with E-state index in [2.05, 4.69) is 36.5 Å². The van der Waals surface area contributed by atoms with Crippen LogP contribution < -0.4 is 15.5 Å². The molecule has 0 bridgehead atoms. The van der Waals surface area contributed by atoms with E-state index in [1.165, 1.54) is 6.33 Å². The normalized spacial score (nSPS) is 18.7. The highest BCUT2D eigenvalue weighted by Crippen LogP contribution is 2.31. The molecule has 1 aromatic heterocycles. The van der Waals surface area contributed by atoms with Crippen molar-refractivity contribution < 1.29 is 9.53 Å². The number of morpholine rings is 1. The van der Waals surface area contributed by atoms with Gasteiger partial charge in [-0.05, 0) is 29.8 Å². The molecule has 0 spiro atoms. The molecule has 1 aromatic rings. The Morgan fingerprint density at radius 3 is 2.95 bits per heavy atom. The molecule has 1 atom stereocenters. The topological polar surface area (TPSA) is 79.4 Å². The lowest BCUT2D eigenvalue weighted by atomic mass is 10.2. The van der Waals surface area contributed by atoms with Crippen molar-refractivity contribution in [1.29, 1.82) is 0 Å². The number of hydrogen-bond acceptors (Lipinski definition) is 6. The summed E-state index contributed by atoms with van der Waals surface area (Å²) in [5, 5.41) is 5.92. The Bertz CT molecular complexity index is 511. The summed E-state index contributed by atoms with van der Waals surface area (Å²) in [6.07, 6.45) is 1.48. The van der Waals surface area contributed by atoms with Gasteiger partial charge in [0, 0.05) is 19.6 Å². The second-order valence-electron chi connectivity index (χ2n) is 5.06. The Hall–Kier alpha value is -1.41. The number of nitrogens with one attached hydrogen (secondary N) is 2. The first-order valence-corrected chi connectivity index (χ1v) is 7.67. The highest BCUT2D eigenvalue weighted by Gasteiger charge is 2.32. The summed E-state index contributed by atoms with van der Waals surface area (Å²) in [6, 6.07) is -0.306. The van der Waals surface area contributed by atoms with Gasteiger partial charge in [-0.2, -0.15) is 0 Å². The molecule has 0 radical (unpaired) electrons. The third kappa shape index (κ3) is 3.62. The van der Waals surface area contributed by atoms with Crippen molar-refractivity contribution in [3.05, 3.63) is 10.8 Å². The van der Waals surface area contributed by atoms with Gasteiger partial charge in [-0.1, -0.05) is 0 Å². The van der Waals surface area contributed by atoms with Crippen molar-refractivity contribution in [2.75, 3.05) is 37.0 Å². The van der Waals surface area contributed by atoms with Gasteiger partial charge in [-0.25, -0.2) is 9.97 Å². The number of anilines is 2. The first-order chi connectivity index (χ1) is 10.0. The van der Waals surface area contributed by atoms with Crippen molar-refractivity contribution in [2.24, 2.45) is 0 Å². The van der Waals surface area contributed by atoms with Crippen LogP contribution in [0.1, 0.15) is 13.8 Å². The number of nitrogens with zero attached hydrogens (tertiary/aromatic N) is 3. The number of halogens is 1. The average molecular weight is 358 g/mol. The van der Waals surface area contributed by atoms with Crippen molar-refractivity contribution in [2.45, 2.75) is 25.9 Å². The second-order valence-corrected chi connectivity index (χ2v) is 5.85. The van der Waals surface area contributed by atoms with Gasteiger partial charge in [-0.3, -0.25) is 4.79 Å². The molecular formula is C13H20BrN5O2. The summed E-state index contributed by atoms with van der Waals surface area (Å²) in [6.45, 7) is 5.40. The van der Waals surface area contributed by atoms with E-state index in [0.717, 1.165) is 4.47 Å². The molecule has 1 fully saturated rings. The van der Waals surface area contributed by atoms with E-state index in [1.807, 2.05) is 18.7 Å². The van der Waals surface area contributed by atoms with Gasteiger partial charge in [0.05, 0.1) is 13.2 Å². The van der Waals surface area contributed by atoms with Crippen molar-refractivity contribution in [3.8, 4) is 0 Å². The molecular weight excluding hydrogens is 338 g/mol. The largest absolute Gasteiger partial charge is 0.377 e. The van der Waals surface area contributed by atoms with Crippen LogP contribution in [0, 0.1) is 0 Å². The number of rotatable bonds is 4. The molecule has 8 heteroatoms. The van der Waals surface area contributed by atoms with Gasteiger partial charge in [0.25, 0.3) is 0 Å². The van der Waals surface area contributed by atoms with Crippen LogP contribution in [0.25, 0.3) is 0 Å². The zero-order valence-electron chi connectivity index (χ0n) is 12.4. The van der Waals surface area contributed by atoms with E-state index >= 15 is 0 Å². The highest BCUT2D eigenvalue weighted by atomic mass is 79.9. The average Bonchev–Trinajstić information content (AvgIpc) is 2.47. The summed E-state index contributed by atoms with van der Waals surface area (Å²) >= 11 is 3.50. The fourth-order valence-electron chi connectivity index (χ4n) is 2.19. The maximum absolute atomic E-state index is 12.4. The van der Waals surface area contributed by atoms with Crippen LogP contribution in [0.5, 0.6) is 0 Å². The minimum Gasteiger partial charge on any atom is -0.377 e. The van der Waals surface area contributed by atoms with E-state index in [0.29, 0.717) is 31.4 Å². The summed E-state index contributed by atoms with van der Waals surface area (Å²) in [5.74, 6) is 1.33. The van der Waals surface area contributed by atoms with Gasteiger partial charge < -0.3 is 20.3 Å². The number of carbonyl (C=O) groups excluding carboxylic acids is 1. The first-order valence-electron chi connectivity index (χ1n) is 6.87. The molecule has 21 heavy (non-hydrogen) atoms. The van der Waals surface area contributed by atoms with Gasteiger partial charge in [0.15, 0.2) is 0 Å². The summed E-state index contributed by atoms with van der Waals surface area (Å²) in [7, 11) is 1.79. The monoisotopic (exact) mass is 357 g/mol. The quantitative estimate of drug-likeness (QED) is 0.837. The van der Waals surface area contributed by atoms with Crippen LogP contribution in [0.3, 0.4) is 0 Å². The van der Waals surface area contributed by atoms with E-state index in [9.17, 15) is 4.79 Å². The summed E-state index contributed by atoms with van der Waals surface area (Å²) in [5.41, 5.74) is 0. The number of aromatic nitrogens is 2. The molecule has 1 amide bonds. The number of amides is 1. The van der Waals surface area contributed by atoms with Crippen molar-refractivity contribution in [3.63, 3.8) is 0 Å². The van der Waals surface area contributed by atoms with E-state index in [1.54, 1.807) is 7.05 Å². The molecule has 1 unspecified atom stereocenters. The highest BCUT2D eigenvalue weighted by molar-refractivity contribution is 9.10. The van der Waals surface area contributed by atoms with Gasteiger partial charge in [0.2, 0.25) is 5.91 Å². The smallest absolute Gasteiger partial charge is 0.245 e. The predicted octanol–water partition coefficient (Wildman–Crippen LogP) is 1.01. The lowest BCUT2D eigenvalue weighted by molar-refractivity contribution is -0.125. The summed E-state index contributed by atoms with van der Waals surface area (Å²) < 4.78 is 6.20. The Morgan fingerprint density at radius 2 is 2.29 bits per heavy atom. The number of carbonyl (C=O) groups is 1. The zero-order chi connectivity index (χ0) is 15.4.